The molecule has 3 aliphatic rings. The summed E-state index contributed by atoms with van der Waals surface area (Å²) < 4.78 is 5.99. The van der Waals surface area contributed by atoms with Gasteiger partial charge in [0.05, 0.1) is 24.3 Å². The topological polar surface area (TPSA) is 41.6 Å². The quantitative estimate of drug-likeness (QED) is 0.933. The Bertz CT molecular complexity index is 558. The van der Waals surface area contributed by atoms with Crippen molar-refractivity contribution in [2.75, 3.05) is 0 Å². The highest BCUT2D eigenvalue weighted by molar-refractivity contribution is 7.12. The van der Waals surface area contributed by atoms with Crippen LogP contribution in [0.3, 0.4) is 0 Å². The van der Waals surface area contributed by atoms with Gasteiger partial charge in [-0.15, -0.1) is 11.3 Å². The summed E-state index contributed by atoms with van der Waals surface area (Å²) in [6.07, 6.45) is 4.78. The Hall–Kier alpha value is -0.910. The molecule has 114 valence electrons. The molecule has 0 spiro atoms. The number of ether oxygens (including phenoxy) is 1. The molecule has 2 bridgehead atoms. The second-order valence-electron chi connectivity index (χ2n) is 6.40. The maximum Gasteiger partial charge on any atom is 0.241 e. The smallest absolute Gasteiger partial charge is 0.241 e. The summed E-state index contributed by atoms with van der Waals surface area (Å²) >= 11 is 1.78. The van der Waals surface area contributed by atoms with E-state index in [1.807, 2.05) is 0 Å². The lowest BCUT2D eigenvalue weighted by atomic mass is 9.93. The Morgan fingerprint density at radius 1 is 1.43 bits per heavy atom. The first-order valence-corrected chi connectivity index (χ1v) is 8.79. The normalized spacial score (nSPS) is 38.7. The van der Waals surface area contributed by atoms with Gasteiger partial charge in [-0.3, -0.25) is 10.1 Å². The van der Waals surface area contributed by atoms with E-state index in [0.717, 1.165) is 25.7 Å². The Morgan fingerprint density at radius 2 is 2.29 bits per heavy atom. The van der Waals surface area contributed by atoms with Crippen LogP contribution in [0.25, 0.3) is 0 Å². The molecule has 1 aromatic heterocycles. The largest absolute Gasteiger partial charge is 0.373 e. The van der Waals surface area contributed by atoms with E-state index in [0.29, 0.717) is 6.10 Å². The number of rotatable bonds is 3. The van der Waals surface area contributed by atoms with Crippen molar-refractivity contribution in [3.8, 4) is 0 Å². The Balaban J connectivity index is 1.65. The highest BCUT2D eigenvalue weighted by Crippen LogP contribution is 2.42. The first-order valence-electron chi connectivity index (χ1n) is 7.97. The molecule has 5 atom stereocenters. The van der Waals surface area contributed by atoms with Crippen molar-refractivity contribution in [2.24, 2.45) is 0 Å². The molecule has 1 N–H and O–H groups in total. The summed E-state index contributed by atoms with van der Waals surface area (Å²) in [5, 5.41) is 3.54. The zero-order valence-corrected chi connectivity index (χ0v) is 13.4. The van der Waals surface area contributed by atoms with Crippen molar-refractivity contribution >= 4 is 17.2 Å². The molecular weight excluding hydrogens is 284 g/mol. The van der Waals surface area contributed by atoms with Gasteiger partial charge in [0.2, 0.25) is 5.91 Å². The molecule has 0 aliphatic carbocycles. The van der Waals surface area contributed by atoms with Crippen LogP contribution in [0.1, 0.15) is 48.5 Å². The molecule has 3 aliphatic heterocycles. The van der Waals surface area contributed by atoms with Crippen molar-refractivity contribution in [2.45, 2.75) is 70.0 Å². The Morgan fingerprint density at radius 3 is 2.86 bits per heavy atom. The zero-order valence-electron chi connectivity index (χ0n) is 12.5. The number of aryl methyl sites for hydroxylation is 1. The summed E-state index contributed by atoms with van der Waals surface area (Å²) in [7, 11) is 0. The van der Waals surface area contributed by atoms with Crippen molar-refractivity contribution in [1.82, 2.24) is 10.2 Å². The number of hydrogen-bond acceptors (Lipinski definition) is 4. The summed E-state index contributed by atoms with van der Waals surface area (Å²) in [5.41, 5.74) is 0. The SMILES string of the molecule is CCC1NC(c2ccc(C)s2)N(C2CC3CCC2O3)C1=O. The van der Waals surface area contributed by atoms with E-state index < -0.39 is 0 Å². The molecule has 1 amide bonds. The molecule has 3 saturated heterocycles. The number of amides is 1. The summed E-state index contributed by atoms with van der Waals surface area (Å²) in [6.45, 7) is 4.19. The summed E-state index contributed by atoms with van der Waals surface area (Å²) in [5.74, 6) is 0.259. The van der Waals surface area contributed by atoms with Gasteiger partial charge in [-0.2, -0.15) is 0 Å². The van der Waals surface area contributed by atoms with Gasteiger partial charge < -0.3 is 9.64 Å². The minimum Gasteiger partial charge on any atom is -0.373 e. The third kappa shape index (κ3) is 2.14. The Labute approximate surface area is 129 Å². The van der Waals surface area contributed by atoms with Crippen LogP contribution >= 0.6 is 11.3 Å². The van der Waals surface area contributed by atoms with Crippen LogP contribution in [-0.4, -0.2) is 35.1 Å². The zero-order chi connectivity index (χ0) is 14.6. The van der Waals surface area contributed by atoms with Crippen LogP contribution in [0, 0.1) is 6.92 Å². The van der Waals surface area contributed by atoms with Crippen LogP contribution in [0.15, 0.2) is 12.1 Å². The second-order valence-corrected chi connectivity index (χ2v) is 7.72. The van der Waals surface area contributed by atoms with Crippen molar-refractivity contribution < 1.29 is 9.53 Å². The molecule has 0 saturated carbocycles. The Kier molecular flexibility index (Phi) is 3.32. The van der Waals surface area contributed by atoms with Gasteiger partial charge in [-0.25, -0.2) is 0 Å². The van der Waals surface area contributed by atoms with E-state index in [4.69, 9.17) is 4.74 Å². The van der Waals surface area contributed by atoms with E-state index in [-0.39, 0.29) is 30.3 Å². The molecule has 4 heterocycles. The average Bonchev–Trinajstić information content (AvgIpc) is 3.21. The average molecular weight is 306 g/mol. The van der Waals surface area contributed by atoms with Crippen molar-refractivity contribution in [3.63, 3.8) is 0 Å². The van der Waals surface area contributed by atoms with Crippen LogP contribution in [0.4, 0.5) is 0 Å². The van der Waals surface area contributed by atoms with Gasteiger partial charge in [-0.05, 0) is 44.7 Å². The molecule has 5 heteroatoms. The molecule has 4 rings (SSSR count). The van der Waals surface area contributed by atoms with Crippen LogP contribution < -0.4 is 5.32 Å². The summed E-state index contributed by atoms with van der Waals surface area (Å²) in [6, 6.07) is 4.51. The maximum absolute atomic E-state index is 12.8. The second kappa shape index (κ2) is 5.07. The standard InChI is InChI=1S/C16H22N2O2S/c1-3-11-16(19)18(12-8-10-5-6-13(12)20-10)15(17-11)14-7-4-9(2)21-14/h4,7,10-13,15,17H,3,5-6,8H2,1-2H3. The minimum absolute atomic E-state index is 0.0362. The molecule has 1 aromatic rings. The van der Waals surface area contributed by atoms with Gasteiger partial charge in [0, 0.05) is 9.75 Å². The van der Waals surface area contributed by atoms with Gasteiger partial charge in [0.15, 0.2) is 0 Å². The first kappa shape index (κ1) is 13.7. The summed E-state index contributed by atoms with van der Waals surface area (Å²) in [4.78, 5) is 17.4. The lowest BCUT2D eigenvalue weighted by Crippen LogP contribution is -2.45. The molecular formula is C16H22N2O2S. The predicted molar refractivity (Wildman–Crippen MR) is 82.2 cm³/mol. The number of carbonyl (C=O) groups excluding carboxylic acids is 1. The molecule has 3 fully saturated rings. The number of nitrogens with one attached hydrogen (secondary N) is 1. The van der Waals surface area contributed by atoms with E-state index in [2.05, 4.69) is 36.2 Å². The highest BCUT2D eigenvalue weighted by atomic mass is 32.1. The lowest BCUT2D eigenvalue weighted by molar-refractivity contribution is -0.133. The fourth-order valence-electron chi connectivity index (χ4n) is 4.02. The molecule has 5 unspecified atom stereocenters. The fourth-order valence-corrected chi connectivity index (χ4v) is 4.96. The number of fused-ring (bicyclic) bond motifs is 2. The number of carbonyl (C=O) groups is 1. The number of hydrogen-bond donors (Lipinski definition) is 1. The molecule has 0 radical (unpaired) electrons. The predicted octanol–water partition coefficient (Wildman–Crippen LogP) is 2.59. The fraction of sp³-hybridized carbons (Fsp3) is 0.688. The minimum atomic E-state index is -0.0449. The van der Waals surface area contributed by atoms with Crippen LogP contribution in [-0.2, 0) is 9.53 Å². The van der Waals surface area contributed by atoms with E-state index >= 15 is 0 Å². The third-order valence-electron chi connectivity index (χ3n) is 5.06. The van der Waals surface area contributed by atoms with Crippen LogP contribution in [0.5, 0.6) is 0 Å². The van der Waals surface area contributed by atoms with Gasteiger partial charge in [-0.1, -0.05) is 6.92 Å². The van der Waals surface area contributed by atoms with E-state index in [1.165, 1.54) is 9.75 Å². The molecule has 0 aromatic carbocycles. The number of nitrogens with zero attached hydrogens (tertiary/aromatic N) is 1. The maximum atomic E-state index is 12.8. The molecule has 21 heavy (non-hydrogen) atoms. The van der Waals surface area contributed by atoms with Crippen molar-refractivity contribution in [1.29, 1.82) is 0 Å². The van der Waals surface area contributed by atoms with Gasteiger partial charge >= 0.3 is 0 Å². The molecule has 4 nitrogen and oxygen atoms in total. The monoisotopic (exact) mass is 306 g/mol. The first-order chi connectivity index (χ1) is 10.2. The number of thiophene rings is 1. The lowest BCUT2D eigenvalue weighted by Gasteiger charge is -2.33. The third-order valence-corrected chi connectivity index (χ3v) is 6.11. The van der Waals surface area contributed by atoms with E-state index in [1.54, 1.807) is 11.3 Å². The highest BCUT2D eigenvalue weighted by Gasteiger charge is 2.51. The van der Waals surface area contributed by atoms with Crippen molar-refractivity contribution in [3.05, 3.63) is 21.9 Å². The van der Waals surface area contributed by atoms with Crippen LogP contribution in [0.2, 0.25) is 0 Å². The van der Waals surface area contributed by atoms with E-state index in [9.17, 15) is 4.79 Å². The van der Waals surface area contributed by atoms with Gasteiger partial charge in [0.1, 0.15) is 6.17 Å². The van der Waals surface area contributed by atoms with Gasteiger partial charge in [0.25, 0.3) is 0 Å².